The van der Waals surface area contributed by atoms with E-state index >= 15 is 8.78 Å². The van der Waals surface area contributed by atoms with Crippen LogP contribution in [0.4, 0.5) is 39.2 Å². The highest BCUT2D eigenvalue weighted by atomic mass is 28.4. The smallest absolute Gasteiger partial charge is 0.418 e. The molecule has 0 N–H and O–H groups in total. The fourth-order valence-electron chi connectivity index (χ4n) is 5.83. The summed E-state index contributed by atoms with van der Waals surface area (Å²) >= 11 is 0. The topological polar surface area (TPSA) is 30.9 Å². The number of aromatic nitrogens is 3. The highest BCUT2D eigenvalue weighted by Crippen LogP contribution is 2.47. The predicted molar refractivity (Wildman–Crippen MR) is 160 cm³/mol. The lowest BCUT2D eigenvalue weighted by atomic mass is 9.76. The van der Waals surface area contributed by atoms with Gasteiger partial charge in [0.15, 0.2) is 8.32 Å². The Bertz CT molecular complexity index is 1820. The molecule has 6 rings (SSSR count). The first kappa shape index (κ1) is 34.0. The molecule has 246 valence electrons. The average molecular weight is 679 g/mol. The molecular formula is C32H27BF9N3OSi. The van der Waals surface area contributed by atoms with E-state index in [4.69, 9.17) is 4.43 Å². The Morgan fingerprint density at radius 1 is 0.723 bits per heavy atom. The molecule has 0 aliphatic carbocycles. The number of halogens is 9. The van der Waals surface area contributed by atoms with Crippen LogP contribution in [0.5, 0.6) is 0 Å². The molecule has 47 heavy (non-hydrogen) atoms. The van der Waals surface area contributed by atoms with Gasteiger partial charge in [0.1, 0.15) is 11.6 Å². The fraction of sp³-hybridized carbons (Fsp3) is 0.188. The van der Waals surface area contributed by atoms with Crippen molar-refractivity contribution in [3.63, 3.8) is 0 Å². The first-order valence-corrected chi connectivity index (χ1v) is 17.7. The van der Waals surface area contributed by atoms with Gasteiger partial charge in [0.25, 0.3) is 0 Å². The van der Waals surface area contributed by atoms with E-state index in [9.17, 15) is 30.4 Å². The fourth-order valence-corrected chi connectivity index (χ4v) is 7.17. The zero-order valence-electron chi connectivity index (χ0n) is 25.2. The van der Waals surface area contributed by atoms with Gasteiger partial charge in [0.05, 0.1) is 10.7 Å². The third kappa shape index (κ3) is 6.72. The number of rotatable bonds is 6. The van der Waals surface area contributed by atoms with Gasteiger partial charge < -0.3 is 21.7 Å². The van der Waals surface area contributed by atoms with Crippen LogP contribution >= 0.6 is 0 Å². The van der Waals surface area contributed by atoms with Crippen LogP contribution in [0.3, 0.4) is 0 Å². The summed E-state index contributed by atoms with van der Waals surface area (Å²) < 4.78 is 121. The van der Waals surface area contributed by atoms with E-state index in [1.807, 2.05) is 78.9 Å². The highest BCUT2D eigenvalue weighted by Gasteiger charge is 2.52. The van der Waals surface area contributed by atoms with E-state index in [2.05, 4.69) is 24.7 Å². The Morgan fingerprint density at radius 2 is 1.17 bits per heavy atom. The van der Waals surface area contributed by atoms with Gasteiger partial charge in [-0.1, -0.05) is 83.5 Å². The van der Waals surface area contributed by atoms with Crippen molar-refractivity contribution in [1.82, 2.24) is 9.78 Å². The third-order valence-corrected chi connectivity index (χ3v) is 8.38. The largest absolute Gasteiger partial charge is 0.673 e. The second-order valence-electron chi connectivity index (χ2n) is 11.8. The molecule has 5 aromatic rings. The van der Waals surface area contributed by atoms with Crippen LogP contribution in [0.2, 0.25) is 19.6 Å². The number of benzene rings is 4. The number of hydrogen-bond acceptors (Lipinski definition) is 2. The summed E-state index contributed by atoms with van der Waals surface area (Å²) in [6, 6.07) is 26.3. The van der Waals surface area contributed by atoms with Crippen LogP contribution in [0.25, 0.3) is 17.1 Å². The molecule has 2 heterocycles. The van der Waals surface area contributed by atoms with Crippen molar-refractivity contribution < 1.29 is 48.2 Å². The van der Waals surface area contributed by atoms with Crippen LogP contribution in [-0.2, 0) is 16.4 Å². The molecule has 0 amide bonds. The third-order valence-electron chi connectivity index (χ3n) is 7.45. The lowest BCUT2D eigenvalue weighted by Crippen LogP contribution is -2.58. The molecule has 1 aromatic heterocycles. The molecule has 0 unspecified atom stereocenters. The van der Waals surface area contributed by atoms with Gasteiger partial charge in [0, 0.05) is 6.42 Å². The summed E-state index contributed by atoms with van der Waals surface area (Å²) in [4.78, 5) is 0. The van der Waals surface area contributed by atoms with Gasteiger partial charge in [-0.3, -0.25) is 0 Å². The van der Waals surface area contributed by atoms with E-state index in [-0.39, 0.29) is 0 Å². The summed E-state index contributed by atoms with van der Waals surface area (Å²) in [6.45, 7) is 6.23. The molecule has 0 saturated carbocycles. The minimum Gasteiger partial charge on any atom is -0.418 e. The standard InChI is InChI=1S/C32H27F5N3OSi.BF4/c1-42(2,3)41-32(21-13-6-4-7-14-21,22-15-8-5-9-16-22)24-18-20-12-10-11-17-23(20)31-38-40(19-39(24)31)30-28(36)26(34)25(33)27(35)29(30)37;2-1(3,4)5/h4-17,19,24H,18H2,1-3H3;/q+1;-1/t24-;/m0./s1. The van der Waals surface area contributed by atoms with Crippen molar-refractivity contribution in [3.05, 3.63) is 137 Å². The zero-order chi connectivity index (χ0) is 34.3. The molecule has 0 saturated heterocycles. The molecular weight excluding hydrogens is 652 g/mol. The summed E-state index contributed by atoms with van der Waals surface area (Å²) in [5.41, 5.74) is 1.03. The summed E-state index contributed by atoms with van der Waals surface area (Å²) in [6.07, 6.45) is 1.73. The molecule has 1 atom stereocenters. The maximum absolute atomic E-state index is 15.0. The summed E-state index contributed by atoms with van der Waals surface area (Å²) in [5.74, 6) is -9.92. The molecule has 15 heteroatoms. The SMILES string of the molecule is C[Si](C)(C)OC(c1ccccc1)(c1ccccc1)[C@@H]1Cc2ccccc2-c2nn(-c3c(F)c(F)c(F)c(F)c3F)c[n+]21.F[B-](F)(F)F. The van der Waals surface area contributed by atoms with Gasteiger partial charge in [0.2, 0.25) is 41.1 Å². The first-order valence-electron chi connectivity index (χ1n) is 14.3. The number of hydrogen-bond donors (Lipinski definition) is 0. The Hall–Kier alpha value is -4.37. The quantitative estimate of drug-likeness (QED) is 0.0592. The van der Waals surface area contributed by atoms with Gasteiger partial charge in [-0.2, -0.15) is 8.78 Å². The van der Waals surface area contributed by atoms with Crippen LogP contribution < -0.4 is 4.57 Å². The molecule has 0 spiro atoms. The Kier molecular flexibility index (Phi) is 9.17. The second-order valence-corrected chi connectivity index (χ2v) is 16.2. The highest BCUT2D eigenvalue weighted by molar-refractivity contribution is 6.69. The molecule has 0 fully saturated rings. The molecule has 4 nitrogen and oxygen atoms in total. The van der Waals surface area contributed by atoms with Crippen molar-refractivity contribution in [2.24, 2.45) is 0 Å². The maximum Gasteiger partial charge on any atom is 0.673 e. The van der Waals surface area contributed by atoms with Gasteiger partial charge in [-0.05, 0) is 42.4 Å². The van der Waals surface area contributed by atoms with Gasteiger partial charge in [-0.15, -0.1) is 0 Å². The lowest BCUT2D eigenvalue weighted by Gasteiger charge is -2.45. The van der Waals surface area contributed by atoms with Crippen LogP contribution in [0, 0.1) is 29.1 Å². The first-order chi connectivity index (χ1) is 22.0. The monoisotopic (exact) mass is 679 g/mol. The molecule has 1 aliphatic heterocycles. The average Bonchev–Trinajstić information content (AvgIpc) is 3.46. The van der Waals surface area contributed by atoms with Crippen LogP contribution in [0.1, 0.15) is 22.7 Å². The molecule has 0 bridgehead atoms. The molecule has 1 aliphatic rings. The predicted octanol–water partition coefficient (Wildman–Crippen LogP) is 8.71. The van der Waals surface area contributed by atoms with Gasteiger partial charge in [-0.25, -0.2) is 17.7 Å². The minimum atomic E-state index is -6.00. The lowest BCUT2D eigenvalue weighted by molar-refractivity contribution is -0.729. The van der Waals surface area contributed by atoms with Crippen molar-refractivity contribution >= 4 is 15.6 Å². The van der Waals surface area contributed by atoms with Crippen molar-refractivity contribution in [3.8, 4) is 17.1 Å². The summed E-state index contributed by atoms with van der Waals surface area (Å²) in [7, 11) is -8.35. The molecule has 0 radical (unpaired) electrons. The van der Waals surface area contributed by atoms with Crippen molar-refractivity contribution in [1.29, 1.82) is 0 Å². The van der Waals surface area contributed by atoms with E-state index < -0.39 is 62.0 Å². The van der Waals surface area contributed by atoms with Crippen molar-refractivity contribution in [2.45, 2.75) is 37.7 Å². The Labute approximate surface area is 265 Å². The zero-order valence-corrected chi connectivity index (χ0v) is 26.2. The number of nitrogens with zero attached hydrogens (tertiary/aromatic N) is 3. The van der Waals surface area contributed by atoms with E-state index in [0.717, 1.165) is 21.4 Å². The van der Waals surface area contributed by atoms with Crippen LogP contribution in [-0.4, -0.2) is 25.4 Å². The van der Waals surface area contributed by atoms with E-state index in [0.29, 0.717) is 17.8 Å². The Balaban J connectivity index is 0.000000807. The Morgan fingerprint density at radius 3 is 1.66 bits per heavy atom. The number of fused-ring (bicyclic) bond motifs is 3. The normalized spacial score (nSPS) is 14.6. The minimum absolute atomic E-state index is 0.307. The van der Waals surface area contributed by atoms with Crippen LogP contribution in [0.15, 0.2) is 91.3 Å². The van der Waals surface area contributed by atoms with E-state index in [1.54, 1.807) is 10.6 Å². The second kappa shape index (κ2) is 12.7. The summed E-state index contributed by atoms with van der Waals surface area (Å²) in [5, 5.41) is 4.44. The molecule has 4 aromatic carbocycles. The van der Waals surface area contributed by atoms with E-state index in [1.165, 1.54) is 6.33 Å². The maximum atomic E-state index is 15.0. The van der Waals surface area contributed by atoms with Gasteiger partial charge >= 0.3 is 13.1 Å². The van der Waals surface area contributed by atoms with Crippen molar-refractivity contribution in [2.75, 3.05) is 0 Å².